The molecule has 0 heterocycles. The molecule has 0 saturated heterocycles. The summed E-state index contributed by atoms with van der Waals surface area (Å²) in [6.07, 6.45) is -3.46. The summed E-state index contributed by atoms with van der Waals surface area (Å²) in [5.41, 5.74) is -1.41. The molecule has 0 aromatic rings. The number of hydrogen-bond donors (Lipinski definition) is 5. The van der Waals surface area contributed by atoms with Crippen molar-refractivity contribution in [1.29, 1.82) is 0 Å². The van der Waals surface area contributed by atoms with Crippen LogP contribution in [0.3, 0.4) is 0 Å². The third kappa shape index (κ3) is 7.20. The highest BCUT2D eigenvalue weighted by Gasteiger charge is 2.52. The molecule has 0 aliphatic heterocycles. The fraction of sp³-hybridized carbons (Fsp3) is 0.800. The Hall–Kier alpha value is -0.760. The van der Waals surface area contributed by atoms with E-state index in [1.54, 1.807) is 5.32 Å². The van der Waals surface area contributed by atoms with Gasteiger partial charge in [0.15, 0.2) is 0 Å². The molecular formula is C5H10F2NO6P. The number of halogens is 2. The lowest BCUT2D eigenvalue weighted by Crippen LogP contribution is -2.41. The van der Waals surface area contributed by atoms with Crippen LogP contribution < -0.4 is 5.32 Å². The molecule has 10 heteroatoms. The van der Waals surface area contributed by atoms with Gasteiger partial charge in [0.2, 0.25) is 0 Å². The summed E-state index contributed by atoms with van der Waals surface area (Å²) < 4.78 is 32.7. The Bertz CT molecular complexity index is 266. The van der Waals surface area contributed by atoms with Crippen LogP contribution in [0.5, 0.6) is 0 Å². The van der Waals surface area contributed by atoms with Crippen LogP contribution in [0.2, 0.25) is 0 Å². The molecule has 0 spiro atoms. The molecule has 7 nitrogen and oxygen atoms in total. The van der Waals surface area contributed by atoms with E-state index in [-0.39, 0.29) is 12.8 Å². The van der Waals surface area contributed by atoms with Crippen LogP contribution in [-0.2, 0) is 4.57 Å². The molecular weight excluding hydrogens is 239 g/mol. The van der Waals surface area contributed by atoms with Crippen molar-refractivity contribution in [2.75, 3.05) is 0 Å². The highest BCUT2D eigenvalue weighted by Crippen LogP contribution is 2.40. The Balaban J connectivity index is 0.000000336. The lowest BCUT2D eigenvalue weighted by Gasteiger charge is -2.12. The fourth-order valence-corrected chi connectivity index (χ4v) is 0.745. The molecule has 0 unspecified atom stereocenters. The summed E-state index contributed by atoms with van der Waals surface area (Å²) in [4.78, 5) is 31.5. The maximum absolute atomic E-state index is 11.9. The summed E-state index contributed by atoms with van der Waals surface area (Å²) in [5.74, 6) is 0. The lowest BCUT2D eigenvalue weighted by molar-refractivity contribution is 0.0829. The molecule has 1 aliphatic rings. The molecule has 1 amide bonds. The molecule has 0 atom stereocenters. The number of phosphoric acid groups is 1. The Morgan fingerprint density at radius 1 is 1.33 bits per heavy atom. The van der Waals surface area contributed by atoms with Crippen LogP contribution in [0, 0.1) is 0 Å². The molecule has 0 aromatic carbocycles. The number of rotatable bonds is 2. The summed E-state index contributed by atoms with van der Waals surface area (Å²) in [7, 11) is -4.64. The van der Waals surface area contributed by atoms with Crippen molar-refractivity contribution in [1.82, 2.24) is 5.32 Å². The number of hydrogen-bond acceptors (Lipinski definition) is 2. The van der Waals surface area contributed by atoms with E-state index in [4.69, 9.17) is 24.4 Å². The van der Waals surface area contributed by atoms with Gasteiger partial charge in [0, 0.05) is 0 Å². The van der Waals surface area contributed by atoms with Gasteiger partial charge in [-0.05, 0) is 12.8 Å². The second-order valence-corrected chi connectivity index (χ2v) is 3.93. The van der Waals surface area contributed by atoms with E-state index >= 15 is 0 Å². The zero-order chi connectivity index (χ0) is 12.3. The Labute approximate surface area is 83.0 Å². The van der Waals surface area contributed by atoms with Crippen molar-refractivity contribution in [3.05, 3.63) is 0 Å². The SMILES string of the molecule is O=C(O)NC1(C(F)F)CC1.O=P(O)(O)O. The molecule has 0 aromatic heterocycles. The number of carbonyl (C=O) groups is 1. The van der Waals surface area contributed by atoms with Crippen molar-refractivity contribution in [2.45, 2.75) is 24.8 Å². The Kier molecular flexibility index (Phi) is 4.60. The van der Waals surface area contributed by atoms with Crippen LogP contribution in [-0.4, -0.2) is 37.8 Å². The van der Waals surface area contributed by atoms with E-state index in [0.29, 0.717) is 0 Å². The standard InChI is InChI=1S/C5H7F2NO2.H3O4P/c6-3(7)5(1-2-5)8-4(9)10;1-5(2,3)4/h3,8H,1-2H2,(H,9,10);(H3,1,2,3,4). The van der Waals surface area contributed by atoms with Gasteiger partial charge < -0.3 is 25.1 Å². The maximum Gasteiger partial charge on any atom is 0.466 e. The van der Waals surface area contributed by atoms with E-state index in [2.05, 4.69) is 0 Å². The molecule has 1 fully saturated rings. The van der Waals surface area contributed by atoms with E-state index in [1.807, 2.05) is 0 Å². The first kappa shape index (κ1) is 14.2. The van der Waals surface area contributed by atoms with Crippen LogP contribution in [0.15, 0.2) is 0 Å². The van der Waals surface area contributed by atoms with Gasteiger partial charge in [-0.1, -0.05) is 0 Å². The first-order valence-electron chi connectivity index (χ1n) is 3.64. The molecule has 0 radical (unpaired) electrons. The minimum atomic E-state index is -4.64. The number of nitrogens with one attached hydrogen (secondary N) is 1. The van der Waals surface area contributed by atoms with Gasteiger partial charge in [0.25, 0.3) is 6.43 Å². The fourth-order valence-electron chi connectivity index (χ4n) is 0.745. The monoisotopic (exact) mass is 249 g/mol. The lowest BCUT2D eigenvalue weighted by atomic mass is 10.3. The molecule has 90 valence electrons. The second kappa shape index (κ2) is 4.84. The smallest absolute Gasteiger partial charge is 0.465 e. The van der Waals surface area contributed by atoms with Crippen LogP contribution in [0.25, 0.3) is 0 Å². The van der Waals surface area contributed by atoms with Crippen LogP contribution >= 0.6 is 7.82 Å². The highest BCUT2D eigenvalue weighted by molar-refractivity contribution is 7.45. The van der Waals surface area contributed by atoms with Gasteiger partial charge in [0.05, 0.1) is 0 Å². The second-order valence-electron chi connectivity index (χ2n) is 2.90. The third-order valence-corrected chi connectivity index (χ3v) is 1.56. The molecule has 15 heavy (non-hydrogen) atoms. The molecule has 1 rings (SSSR count). The van der Waals surface area contributed by atoms with Crippen molar-refractivity contribution in [3.63, 3.8) is 0 Å². The van der Waals surface area contributed by atoms with Gasteiger partial charge in [-0.2, -0.15) is 0 Å². The largest absolute Gasteiger partial charge is 0.466 e. The zero-order valence-electron chi connectivity index (χ0n) is 7.30. The topological polar surface area (TPSA) is 127 Å². The predicted molar refractivity (Wildman–Crippen MR) is 43.4 cm³/mol. The highest BCUT2D eigenvalue weighted by atomic mass is 31.2. The van der Waals surface area contributed by atoms with Crippen molar-refractivity contribution in [2.24, 2.45) is 0 Å². The Morgan fingerprint density at radius 3 is 1.73 bits per heavy atom. The maximum atomic E-state index is 11.9. The molecule has 5 N–H and O–H groups in total. The minimum Gasteiger partial charge on any atom is -0.465 e. The summed E-state index contributed by atoms with van der Waals surface area (Å²) in [6.45, 7) is 0. The van der Waals surface area contributed by atoms with Gasteiger partial charge in [0.1, 0.15) is 5.54 Å². The van der Waals surface area contributed by atoms with Gasteiger partial charge in [-0.15, -0.1) is 0 Å². The molecule has 1 saturated carbocycles. The van der Waals surface area contributed by atoms with Crippen molar-refractivity contribution in [3.8, 4) is 0 Å². The predicted octanol–water partition coefficient (Wildman–Crippen LogP) is 0.123. The van der Waals surface area contributed by atoms with E-state index in [1.165, 1.54) is 0 Å². The quantitative estimate of drug-likeness (QED) is 0.442. The summed E-state index contributed by atoms with van der Waals surface area (Å²) >= 11 is 0. The van der Waals surface area contributed by atoms with Crippen molar-refractivity contribution < 1.29 is 37.9 Å². The van der Waals surface area contributed by atoms with Crippen LogP contribution in [0.4, 0.5) is 13.6 Å². The average Bonchev–Trinajstić information content (AvgIpc) is 2.63. The van der Waals surface area contributed by atoms with Crippen LogP contribution in [0.1, 0.15) is 12.8 Å². The van der Waals surface area contributed by atoms with Crippen molar-refractivity contribution >= 4 is 13.9 Å². The van der Waals surface area contributed by atoms with E-state index < -0.39 is 25.9 Å². The minimum absolute atomic E-state index is 0.247. The molecule has 1 aliphatic carbocycles. The number of carboxylic acid groups (broad SMARTS) is 1. The Morgan fingerprint density at radius 2 is 1.67 bits per heavy atom. The molecule has 0 bridgehead atoms. The van der Waals surface area contributed by atoms with Gasteiger partial charge in [-0.3, -0.25) is 0 Å². The first-order chi connectivity index (χ1) is 6.57. The average molecular weight is 249 g/mol. The summed E-state index contributed by atoms with van der Waals surface area (Å²) in [5, 5.41) is 9.89. The van der Waals surface area contributed by atoms with Gasteiger partial charge >= 0.3 is 13.9 Å². The first-order valence-corrected chi connectivity index (χ1v) is 5.21. The zero-order valence-corrected chi connectivity index (χ0v) is 8.19. The van der Waals surface area contributed by atoms with Gasteiger partial charge in [-0.25, -0.2) is 18.1 Å². The van der Waals surface area contributed by atoms with E-state index in [9.17, 15) is 13.6 Å². The van der Waals surface area contributed by atoms with E-state index in [0.717, 1.165) is 0 Å². The summed E-state index contributed by atoms with van der Waals surface area (Å²) in [6, 6.07) is 0. The normalized spacial score (nSPS) is 17.7. The number of amides is 1. The number of alkyl halides is 2. The third-order valence-electron chi connectivity index (χ3n) is 1.56.